The van der Waals surface area contributed by atoms with E-state index in [-0.39, 0.29) is 5.92 Å². The maximum atomic E-state index is 12.4. The van der Waals surface area contributed by atoms with E-state index in [1.807, 2.05) is 24.3 Å². The van der Waals surface area contributed by atoms with Gasteiger partial charge in [0.2, 0.25) is 0 Å². The van der Waals surface area contributed by atoms with Gasteiger partial charge in [0, 0.05) is 25.7 Å². The van der Waals surface area contributed by atoms with E-state index in [0.29, 0.717) is 18.8 Å². The minimum Gasteiger partial charge on any atom is -0.324 e. The zero-order chi connectivity index (χ0) is 16.6. The quantitative estimate of drug-likeness (QED) is 0.564. The van der Waals surface area contributed by atoms with Crippen molar-refractivity contribution in [2.75, 3.05) is 13.3 Å². The fourth-order valence-electron chi connectivity index (χ4n) is 2.49. The van der Waals surface area contributed by atoms with Gasteiger partial charge >= 0.3 is 0 Å². The lowest BCUT2D eigenvalue weighted by atomic mass is 9.90. The molecule has 1 rings (SSSR count). The lowest BCUT2D eigenvalue weighted by Gasteiger charge is -2.14. The molecule has 0 amide bonds. The monoisotopic (exact) mass is 324 g/mol. The number of benzene rings is 1. The molecule has 0 fully saturated rings. The molecular weight excluding hydrogens is 295 g/mol. The molecule has 0 heterocycles. The summed E-state index contributed by atoms with van der Waals surface area (Å²) in [5, 5.41) is 0. The summed E-state index contributed by atoms with van der Waals surface area (Å²) < 4.78 is 16.9. The average Bonchev–Trinajstić information content (AvgIpc) is 2.45. The van der Waals surface area contributed by atoms with Crippen molar-refractivity contribution >= 4 is 13.2 Å². The van der Waals surface area contributed by atoms with Crippen molar-refractivity contribution < 1.29 is 13.9 Å². The van der Waals surface area contributed by atoms with E-state index in [4.69, 9.17) is 4.52 Å². The maximum absolute atomic E-state index is 12.4. The number of hydrogen-bond acceptors (Lipinski definition) is 3. The van der Waals surface area contributed by atoms with Crippen LogP contribution in [0.2, 0.25) is 0 Å². The highest BCUT2D eigenvalue weighted by Gasteiger charge is 2.16. The molecule has 0 saturated carbocycles. The third-order valence-electron chi connectivity index (χ3n) is 3.67. The molecule has 3 nitrogen and oxygen atoms in total. The Kier molecular flexibility index (Phi) is 8.06. The first-order valence-corrected chi connectivity index (χ1v) is 10.7. The minimum atomic E-state index is -2.45. The Bertz CT molecular complexity index is 496. The van der Waals surface area contributed by atoms with Crippen LogP contribution >= 0.6 is 7.37 Å². The lowest BCUT2D eigenvalue weighted by molar-refractivity contribution is -0.122. The molecule has 124 valence electrons. The molecule has 0 spiro atoms. The van der Waals surface area contributed by atoms with Gasteiger partial charge in [-0.2, -0.15) is 0 Å². The number of carbonyl (C=O) groups is 1. The Hall–Kier alpha value is -0.920. The van der Waals surface area contributed by atoms with Crippen molar-refractivity contribution in [3.8, 4) is 0 Å². The molecule has 1 aromatic rings. The van der Waals surface area contributed by atoms with E-state index in [0.717, 1.165) is 36.8 Å². The third kappa shape index (κ3) is 7.38. The van der Waals surface area contributed by atoms with Crippen LogP contribution in [0.15, 0.2) is 24.3 Å². The fraction of sp³-hybridized carbons (Fsp3) is 0.611. The minimum absolute atomic E-state index is 0.198. The first-order chi connectivity index (χ1) is 10.4. The molecule has 0 radical (unpaired) electrons. The Morgan fingerprint density at radius 3 is 2.00 bits per heavy atom. The Balaban J connectivity index is 2.59. The van der Waals surface area contributed by atoms with Gasteiger partial charge in [-0.3, -0.25) is 9.36 Å². The molecule has 22 heavy (non-hydrogen) atoms. The highest BCUT2D eigenvalue weighted by Crippen LogP contribution is 2.38. The van der Waals surface area contributed by atoms with Crippen LogP contribution in [0, 0.1) is 5.92 Å². The number of carbonyl (C=O) groups excluding carboxylic acids is 1. The molecule has 0 aliphatic heterocycles. The van der Waals surface area contributed by atoms with E-state index in [1.165, 1.54) is 0 Å². The smallest absolute Gasteiger partial charge is 0.197 e. The average molecular weight is 324 g/mol. The molecule has 0 N–H and O–H groups in total. The molecule has 0 atom stereocenters. The SMILES string of the molecule is CCCC(CCC)C(=O)Cc1ccc(COP(C)(C)=O)cc1. The summed E-state index contributed by atoms with van der Waals surface area (Å²) in [7, 11) is -2.45. The van der Waals surface area contributed by atoms with Gasteiger partial charge in [-0.1, -0.05) is 51.0 Å². The van der Waals surface area contributed by atoms with Crippen LogP contribution in [-0.2, 0) is 26.9 Å². The van der Waals surface area contributed by atoms with E-state index < -0.39 is 7.37 Å². The predicted molar refractivity (Wildman–Crippen MR) is 92.7 cm³/mol. The summed E-state index contributed by atoms with van der Waals surface area (Å²) in [5.74, 6) is 0.545. The van der Waals surface area contributed by atoms with Crippen LogP contribution in [0.4, 0.5) is 0 Å². The zero-order valence-electron chi connectivity index (χ0n) is 14.3. The highest BCUT2D eigenvalue weighted by molar-refractivity contribution is 7.57. The summed E-state index contributed by atoms with van der Waals surface area (Å²) in [5.41, 5.74) is 2.03. The van der Waals surface area contributed by atoms with Crippen molar-refractivity contribution in [1.82, 2.24) is 0 Å². The first kappa shape index (κ1) is 19.1. The standard InChI is InChI=1S/C18H29O3P/c1-5-7-17(8-6-2)18(19)13-15-9-11-16(12-10-15)14-21-22(3,4)20/h9-12,17H,5-8,13-14H2,1-4H3. The van der Waals surface area contributed by atoms with E-state index >= 15 is 0 Å². The topological polar surface area (TPSA) is 43.4 Å². The Labute approximate surface area is 134 Å². The van der Waals surface area contributed by atoms with Gasteiger partial charge in [-0.05, 0) is 24.0 Å². The van der Waals surface area contributed by atoms with Crippen molar-refractivity contribution in [3.05, 3.63) is 35.4 Å². The van der Waals surface area contributed by atoms with Crippen LogP contribution in [0.1, 0.15) is 50.7 Å². The molecule has 0 unspecified atom stereocenters. The highest BCUT2D eigenvalue weighted by atomic mass is 31.2. The van der Waals surface area contributed by atoms with Gasteiger partial charge in [0.1, 0.15) is 5.78 Å². The molecule has 4 heteroatoms. The normalized spacial score (nSPS) is 11.9. The van der Waals surface area contributed by atoms with Crippen LogP contribution in [0.5, 0.6) is 0 Å². The number of hydrogen-bond donors (Lipinski definition) is 0. The van der Waals surface area contributed by atoms with Crippen LogP contribution < -0.4 is 0 Å². The second kappa shape index (κ2) is 9.27. The van der Waals surface area contributed by atoms with Gasteiger partial charge in [0.15, 0.2) is 7.37 Å². The zero-order valence-corrected chi connectivity index (χ0v) is 15.2. The summed E-state index contributed by atoms with van der Waals surface area (Å²) >= 11 is 0. The van der Waals surface area contributed by atoms with Crippen LogP contribution in [0.25, 0.3) is 0 Å². The van der Waals surface area contributed by atoms with Crippen molar-refractivity contribution in [1.29, 1.82) is 0 Å². The maximum Gasteiger partial charge on any atom is 0.197 e. The number of ketones is 1. The van der Waals surface area contributed by atoms with Gasteiger partial charge in [0.25, 0.3) is 0 Å². The molecular formula is C18H29O3P. The molecule has 0 aliphatic carbocycles. The molecule has 0 saturated heterocycles. The fourth-order valence-corrected chi connectivity index (χ4v) is 2.95. The van der Waals surface area contributed by atoms with Crippen LogP contribution in [-0.4, -0.2) is 19.1 Å². The summed E-state index contributed by atoms with van der Waals surface area (Å²) in [6.45, 7) is 7.84. The Morgan fingerprint density at radius 1 is 1.05 bits per heavy atom. The Morgan fingerprint density at radius 2 is 1.55 bits per heavy atom. The van der Waals surface area contributed by atoms with Gasteiger partial charge in [-0.25, -0.2) is 0 Å². The summed E-state index contributed by atoms with van der Waals surface area (Å²) in [6, 6.07) is 7.85. The van der Waals surface area contributed by atoms with Crippen molar-refractivity contribution in [2.45, 2.75) is 52.6 Å². The number of rotatable bonds is 10. The molecule has 0 bridgehead atoms. The lowest BCUT2D eigenvalue weighted by Crippen LogP contribution is -2.16. The van der Waals surface area contributed by atoms with E-state index in [1.54, 1.807) is 13.3 Å². The second-order valence-electron chi connectivity index (χ2n) is 6.26. The molecule has 0 aromatic heterocycles. The van der Waals surface area contributed by atoms with E-state index in [9.17, 15) is 9.36 Å². The number of Topliss-reactive ketones (excluding diaryl/α,β-unsaturated/α-hetero) is 1. The predicted octanol–water partition coefficient (Wildman–Crippen LogP) is 5.07. The van der Waals surface area contributed by atoms with Crippen LogP contribution in [0.3, 0.4) is 0 Å². The second-order valence-corrected chi connectivity index (χ2v) is 9.02. The first-order valence-electron chi connectivity index (χ1n) is 8.15. The van der Waals surface area contributed by atoms with Gasteiger partial charge in [0.05, 0.1) is 6.61 Å². The van der Waals surface area contributed by atoms with E-state index in [2.05, 4.69) is 13.8 Å². The summed E-state index contributed by atoms with van der Waals surface area (Å²) in [4.78, 5) is 12.4. The summed E-state index contributed by atoms with van der Waals surface area (Å²) in [6.07, 6.45) is 4.59. The van der Waals surface area contributed by atoms with Gasteiger partial charge in [-0.15, -0.1) is 0 Å². The van der Waals surface area contributed by atoms with Crippen molar-refractivity contribution in [2.24, 2.45) is 5.92 Å². The third-order valence-corrected chi connectivity index (χ3v) is 4.42. The molecule has 1 aromatic carbocycles. The van der Waals surface area contributed by atoms with Gasteiger partial charge < -0.3 is 4.52 Å². The molecule has 0 aliphatic rings. The largest absolute Gasteiger partial charge is 0.324 e. The van der Waals surface area contributed by atoms with Crippen molar-refractivity contribution in [3.63, 3.8) is 0 Å².